The van der Waals surface area contributed by atoms with Crippen molar-refractivity contribution in [3.8, 4) is 44.5 Å². The third kappa shape index (κ3) is 7.51. The molecule has 0 N–H and O–H groups in total. The van der Waals surface area contributed by atoms with E-state index in [9.17, 15) is 0 Å². The normalized spacial score (nSPS) is 12.3. The number of para-hydroxylation sites is 1. The predicted molar refractivity (Wildman–Crippen MR) is 317 cm³/mol. The predicted octanol–water partition coefficient (Wildman–Crippen LogP) is 19.9. The van der Waals surface area contributed by atoms with Gasteiger partial charge in [-0.25, -0.2) is 0 Å². The van der Waals surface area contributed by atoms with E-state index in [2.05, 4.69) is 313 Å². The van der Waals surface area contributed by atoms with E-state index >= 15 is 0 Å². The first-order valence-corrected chi connectivity index (χ1v) is 26.1. The van der Waals surface area contributed by atoms with Gasteiger partial charge in [-0.15, -0.1) is 0 Å². The number of benzene rings is 12. The molecule has 0 amide bonds. The molecule has 0 aliphatic heterocycles. The Hall–Kier alpha value is -9.96. The lowest BCUT2D eigenvalue weighted by Crippen LogP contribution is -2.28. The highest BCUT2D eigenvalue weighted by Crippen LogP contribution is 2.57. The summed E-state index contributed by atoms with van der Waals surface area (Å²) >= 11 is 0. The van der Waals surface area contributed by atoms with Gasteiger partial charge >= 0.3 is 0 Å². The molecular formula is C73H50N2O. The molecule has 0 saturated heterocycles. The largest absolute Gasteiger partial charge is 0.454 e. The second-order valence-electron chi connectivity index (χ2n) is 19.6. The van der Waals surface area contributed by atoms with E-state index in [1.165, 1.54) is 55.6 Å². The van der Waals surface area contributed by atoms with Crippen LogP contribution in [0.3, 0.4) is 0 Å². The molecule has 1 heterocycles. The van der Waals surface area contributed by atoms with Gasteiger partial charge in [0.05, 0.1) is 11.1 Å². The van der Waals surface area contributed by atoms with Gasteiger partial charge in [0, 0.05) is 39.2 Å². The quantitative estimate of drug-likeness (QED) is 0.129. The van der Waals surface area contributed by atoms with Gasteiger partial charge in [-0.3, -0.25) is 0 Å². The van der Waals surface area contributed by atoms with Crippen molar-refractivity contribution >= 4 is 56.1 Å². The van der Waals surface area contributed by atoms with Crippen molar-refractivity contribution in [2.75, 3.05) is 9.80 Å². The molecule has 13 aromatic rings. The van der Waals surface area contributed by atoms with Crippen molar-refractivity contribution in [1.29, 1.82) is 0 Å². The third-order valence-corrected chi connectivity index (χ3v) is 15.3. The van der Waals surface area contributed by atoms with Crippen LogP contribution < -0.4 is 9.80 Å². The number of furan rings is 1. The monoisotopic (exact) mass is 970 g/mol. The summed E-state index contributed by atoms with van der Waals surface area (Å²) in [5.41, 5.74) is 21.5. The topological polar surface area (TPSA) is 19.6 Å². The highest BCUT2D eigenvalue weighted by Gasteiger charge is 2.46. The second kappa shape index (κ2) is 18.8. The molecule has 0 spiro atoms. The average molecular weight is 971 g/mol. The molecule has 3 nitrogen and oxygen atoms in total. The highest BCUT2D eigenvalue weighted by molar-refractivity contribution is 6.16. The minimum absolute atomic E-state index is 0.595. The van der Waals surface area contributed by atoms with E-state index in [0.29, 0.717) is 0 Å². The summed E-state index contributed by atoms with van der Waals surface area (Å²) in [6.45, 7) is 0. The van der Waals surface area contributed by atoms with Crippen molar-refractivity contribution in [1.82, 2.24) is 0 Å². The van der Waals surface area contributed by atoms with E-state index in [1.54, 1.807) is 0 Å². The maximum atomic E-state index is 7.14. The molecule has 1 aliphatic rings. The fraction of sp³-hybridized carbons (Fsp3) is 0.0137. The van der Waals surface area contributed by atoms with Crippen LogP contribution in [0.5, 0.6) is 0 Å². The van der Waals surface area contributed by atoms with Crippen LogP contribution in [0.1, 0.15) is 22.3 Å². The molecule has 14 rings (SSSR count). The number of nitrogens with zero attached hydrogens (tertiary/aromatic N) is 2. The number of rotatable bonds is 11. The minimum Gasteiger partial charge on any atom is -0.454 e. The first-order valence-electron chi connectivity index (χ1n) is 26.1. The van der Waals surface area contributed by atoms with Gasteiger partial charge in [-0.1, -0.05) is 237 Å². The molecule has 1 aromatic heterocycles. The lowest BCUT2D eigenvalue weighted by molar-refractivity contribution is 0.669. The molecule has 0 fully saturated rings. The zero-order valence-corrected chi connectivity index (χ0v) is 41.7. The first-order chi connectivity index (χ1) is 37.7. The standard InChI is InChI=1S/C73H50N2O/c1-5-21-51(22-6-1)53-41-45-58(46-42-53)74(59-47-43-54(44-48-59)52-23-7-2-8-24-52)61-31-18-32-62(50-61)75(69-39-19-36-66-71-63(55-25-9-3-10-26-55)35-20-40-70(71)76-72(66)69)60-30-17-29-57(49-60)73(56-27-11-4-12-28-56)67-37-15-13-33-64(67)65-34-14-16-38-68(65)73/h1-50H. The Labute approximate surface area is 443 Å². The van der Waals surface area contributed by atoms with Gasteiger partial charge in [-0.05, 0) is 133 Å². The number of hydrogen-bond donors (Lipinski definition) is 0. The Bertz CT molecular complexity index is 4080. The van der Waals surface area contributed by atoms with Crippen LogP contribution in [0, 0.1) is 0 Å². The SMILES string of the molecule is c1ccc(-c2ccc(N(c3ccc(-c4ccccc4)cc3)c3cccc(N(c4cccc(C5(c6ccccc6)c6ccccc6-c6ccccc65)c4)c4cccc5c4oc4cccc(-c6ccccc6)c45)c3)cc2)cc1. The van der Waals surface area contributed by atoms with Crippen LogP contribution in [0.4, 0.5) is 34.1 Å². The molecule has 12 aromatic carbocycles. The zero-order valence-electron chi connectivity index (χ0n) is 41.7. The van der Waals surface area contributed by atoms with Crippen LogP contribution in [0.2, 0.25) is 0 Å². The Morgan fingerprint density at radius 3 is 1.30 bits per heavy atom. The van der Waals surface area contributed by atoms with Crippen LogP contribution in [0.15, 0.2) is 308 Å². The fourth-order valence-electron chi connectivity index (χ4n) is 12.0. The molecule has 0 saturated carbocycles. The van der Waals surface area contributed by atoms with E-state index in [1.807, 2.05) is 0 Å². The number of anilines is 6. The first kappa shape index (κ1) is 44.7. The Morgan fingerprint density at radius 1 is 0.276 bits per heavy atom. The highest BCUT2D eigenvalue weighted by atomic mass is 16.3. The van der Waals surface area contributed by atoms with Crippen LogP contribution >= 0.6 is 0 Å². The molecule has 3 heteroatoms. The molecule has 0 bridgehead atoms. The molecule has 1 aliphatic carbocycles. The summed E-state index contributed by atoms with van der Waals surface area (Å²) in [4.78, 5) is 4.77. The molecule has 0 radical (unpaired) electrons. The number of fused-ring (bicyclic) bond motifs is 6. The molecule has 358 valence electrons. The summed E-state index contributed by atoms with van der Waals surface area (Å²) in [6, 6.07) is 110. The Kier molecular flexibility index (Phi) is 11.1. The molecule has 0 atom stereocenters. The maximum absolute atomic E-state index is 7.14. The lowest BCUT2D eigenvalue weighted by Gasteiger charge is -2.35. The zero-order chi connectivity index (χ0) is 50.4. The van der Waals surface area contributed by atoms with Gasteiger partial charge in [0.15, 0.2) is 5.58 Å². The minimum atomic E-state index is -0.595. The summed E-state index contributed by atoms with van der Waals surface area (Å²) < 4.78 is 7.14. The maximum Gasteiger partial charge on any atom is 0.159 e. The van der Waals surface area contributed by atoms with Crippen molar-refractivity contribution in [2.24, 2.45) is 0 Å². The third-order valence-electron chi connectivity index (χ3n) is 15.3. The van der Waals surface area contributed by atoms with E-state index in [0.717, 1.165) is 67.2 Å². The van der Waals surface area contributed by atoms with Crippen LogP contribution in [-0.2, 0) is 5.41 Å². The van der Waals surface area contributed by atoms with Crippen molar-refractivity contribution in [3.63, 3.8) is 0 Å². The van der Waals surface area contributed by atoms with Crippen molar-refractivity contribution < 1.29 is 4.42 Å². The average Bonchev–Trinajstić information content (AvgIpc) is 4.21. The van der Waals surface area contributed by atoms with Crippen molar-refractivity contribution in [3.05, 3.63) is 326 Å². The molecule has 0 unspecified atom stereocenters. The van der Waals surface area contributed by atoms with E-state index in [-0.39, 0.29) is 0 Å². The summed E-state index contributed by atoms with van der Waals surface area (Å²) in [6.07, 6.45) is 0. The Morgan fingerprint density at radius 2 is 0.711 bits per heavy atom. The van der Waals surface area contributed by atoms with Crippen molar-refractivity contribution in [2.45, 2.75) is 5.41 Å². The van der Waals surface area contributed by atoms with Gasteiger partial charge in [0.1, 0.15) is 5.58 Å². The van der Waals surface area contributed by atoms with Gasteiger partial charge < -0.3 is 14.2 Å². The van der Waals surface area contributed by atoms with Gasteiger partial charge in [0.2, 0.25) is 0 Å². The molecule has 76 heavy (non-hydrogen) atoms. The van der Waals surface area contributed by atoms with Gasteiger partial charge in [0.25, 0.3) is 0 Å². The summed E-state index contributed by atoms with van der Waals surface area (Å²) in [7, 11) is 0. The van der Waals surface area contributed by atoms with Gasteiger partial charge in [-0.2, -0.15) is 0 Å². The van der Waals surface area contributed by atoms with Crippen LogP contribution in [0.25, 0.3) is 66.4 Å². The second-order valence-corrected chi connectivity index (χ2v) is 19.6. The lowest BCUT2D eigenvalue weighted by atomic mass is 9.67. The number of hydrogen-bond acceptors (Lipinski definition) is 3. The Balaban J connectivity index is 0.994. The summed E-state index contributed by atoms with van der Waals surface area (Å²) in [5.74, 6) is 0. The van der Waals surface area contributed by atoms with Crippen LogP contribution in [-0.4, -0.2) is 0 Å². The molecular weight excluding hydrogens is 921 g/mol. The smallest absolute Gasteiger partial charge is 0.159 e. The fourth-order valence-corrected chi connectivity index (χ4v) is 12.0. The summed E-state index contributed by atoms with van der Waals surface area (Å²) in [5, 5.41) is 2.15. The van der Waals surface area contributed by atoms with E-state index in [4.69, 9.17) is 4.42 Å². The van der Waals surface area contributed by atoms with E-state index < -0.39 is 5.41 Å².